The molecule has 1 N–H and O–H groups in total. The molecule has 3 heteroatoms. The number of hydrogen-bond acceptors (Lipinski definition) is 2. The van der Waals surface area contributed by atoms with E-state index in [4.69, 9.17) is 0 Å². The summed E-state index contributed by atoms with van der Waals surface area (Å²) in [5.41, 5.74) is -0.00146. The molecule has 0 aromatic heterocycles. The summed E-state index contributed by atoms with van der Waals surface area (Å²) >= 11 is 0. The zero-order valence-corrected chi connectivity index (χ0v) is 11.9. The zero-order valence-electron chi connectivity index (χ0n) is 11.9. The zero-order chi connectivity index (χ0) is 13.2. The monoisotopic (exact) mass is 250 g/mol. The summed E-state index contributed by atoms with van der Waals surface area (Å²) in [5, 5.41) is 3.19. The largest absolute Gasteiger partial charge is 0.333 e. The molecule has 0 saturated carbocycles. The predicted molar refractivity (Wildman–Crippen MR) is 74.4 cm³/mol. The average Bonchev–Trinajstić information content (AvgIpc) is 2.46. The third-order valence-corrected chi connectivity index (χ3v) is 4.42. The van der Waals surface area contributed by atoms with Crippen LogP contribution in [-0.2, 0) is 4.79 Å². The third kappa shape index (κ3) is 2.61. The maximum absolute atomic E-state index is 12.7. The van der Waals surface area contributed by atoms with Crippen LogP contribution in [0.2, 0.25) is 0 Å². The van der Waals surface area contributed by atoms with Crippen LogP contribution in [0.5, 0.6) is 0 Å². The molecule has 2 aliphatic rings. The van der Waals surface area contributed by atoms with E-state index in [-0.39, 0.29) is 11.6 Å². The predicted octanol–water partition coefficient (Wildman–Crippen LogP) is 2.47. The number of likely N-dealkylation sites (N-methyl/N-ethyl adjacent to an activating group) is 1. The Morgan fingerprint density at radius 2 is 2.11 bits per heavy atom. The van der Waals surface area contributed by atoms with Crippen molar-refractivity contribution in [2.45, 2.75) is 70.0 Å². The summed E-state index contributed by atoms with van der Waals surface area (Å²) in [7, 11) is 1.90. The van der Waals surface area contributed by atoms with Gasteiger partial charge in [0, 0.05) is 11.6 Å². The topological polar surface area (TPSA) is 32.3 Å². The molecule has 2 atom stereocenters. The van der Waals surface area contributed by atoms with Gasteiger partial charge in [-0.1, -0.05) is 12.2 Å². The fourth-order valence-corrected chi connectivity index (χ4v) is 3.40. The van der Waals surface area contributed by atoms with E-state index >= 15 is 0 Å². The Morgan fingerprint density at radius 1 is 1.33 bits per heavy atom. The van der Waals surface area contributed by atoms with Gasteiger partial charge in [0.1, 0.15) is 0 Å². The Labute approximate surface area is 111 Å². The average molecular weight is 250 g/mol. The maximum Gasteiger partial charge on any atom is 0.240 e. The highest BCUT2D eigenvalue weighted by molar-refractivity contribution is 5.83. The van der Waals surface area contributed by atoms with Gasteiger partial charge in [0.05, 0.1) is 6.04 Å². The Balaban J connectivity index is 2.24. The van der Waals surface area contributed by atoms with Crippen LogP contribution in [0.15, 0.2) is 12.2 Å². The van der Waals surface area contributed by atoms with Gasteiger partial charge in [0.15, 0.2) is 0 Å². The molecule has 0 aromatic rings. The Morgan fingerprint density at radius 3 is 2.72 bits per heavy atom. The van der Waals surface area contributed by atoms with Crippen LogP contribution in [-0.4, -0.2) is 35.5 Å². The summed E-state index contributed by atoms with van der Waals surface area (Å²) < 4.78 is 0. The minimum absolute atomic E-state index is 0.00146. The molecule has 0 aromatic carbocycles. The first-order valence-electron chi connectivity index (χ1n) is 7.22. The number of carbonyl (C=O) groups excluding carboxylic acids is 1. The third-order valence-electron chi connectivity index (χ3n) is 4.42. The van der Waals surface area contributed by atoms with Crippen molar-refractivity contribution in [3.8, 4) is 0 Å². The van der Waals surface area contributed by atoms with Crippen LogP contribution in [0.25, 0.3) is 0 Å². The molecule has 0 radical (unpaired) electrons. The Bertz CT molecular complexity index is 335. The van der Waals surface area contributed by atoms with Gasteiger partial charge in [0.25, 0.3) is 0 Å². The lowest BCUT2D eigenvalue weighted by Crippen LogP contribution is -2.56. The minimum Gasteiger partial charge on any atom is -0.333 e. The van der Waals surface area contributed by atoms with Gasteiger partial charge in [-0.05, 0) is 59.4 Å². The molecule has 2 rings (SSSR count). The van der Waals surface area contributed by atoms with E-state index in [2.05, 4.69) is 36.2 Å². The minimum atomic E-state index is -0.00146. The van der Waals surface area contributed by atoms with E-state index in [0.717, 1.165) is 38.5 Å². The van der Waals surface area contributed by atoms with E-state index in [9.17, 15) is 4.79 Å². The van der Waals surface area contributed by atoms with Crippen molar-refractivity contribution >= 4 is 5.91 Å². The van der Waals surface area contributed by atoms with E-state index < -0.39 is 0 Å². The molecule has 0 bridgehead atoms. The second-order valence-electron chi connectivity index (χ2n) is 6.19. The van der Waals surface area contributed by atoms with Gasteiger partial charge < -0.3 is 10.2 Å². The van der Waals surface area contributed by atoms with Crippen molar-refractivity contribution in [1.29, 1.82) is 0 Å². The maximum atomic E-state index is 12.7. The van der Waals surface area contributed by atoms with Crippen LogP contribution in [0, 0.1) is 0 Å². The summed E-state index contributed by atoms with van der Waals surface area (Å²) in [6.07, 6.45) is 10.9. The number of amides is 1. The number of allylic oxidation sites excluding steroid dienone is 1. The van der Waals surface area contributed by atoms with E-state index in [1.807, 2.05) is 7.05 Å². The van der Waals surface area contributed by atoms with Gasteiger partial charge in [0.2, 0.25) is 5.91 Å². The molecular weight excluding hydrogens is 224 g/mol. The summed E-state index contributed by atoms with van der Waals surface area (Å²) in [4.78, 5) is 14.9. The molecule has 1 heterocycles. The highest BCUT2D eigenvalue weighted by Crippen LogP contribution is 2.33. The van der Waals surface area contributed by atoms with Crippen molar-refractivity contribution in [2.24, 2.45) is 0 Å². The number of hydrogen-bond donors (Lipinski definition) is 1. The Kier molecular flexibility index (Phi) is 4.10. The molecule has 102 valence electrons. The van der Waals surface area contributed by atoms with Crippen molar-refractivity contribution < 1.29 is 4.79 Å². The smallest absolute Gasteiger partial charge is 0.240 e. The summed E-state index contributed by atoms with van der Waals surface area (Å²) in [5.74, 6) is 0.306. The van der Waals surface area contributed by atoms with Crippen LogP contribution in [0.4, 0.5) is 0 Å². The lowest BCUT2D eigenvalue weighted by molar-refractivity contribution is -0.141. The van der Waals surface area contributed by atoms with Crippen molar-refractivity contribution in [3.05, 3.63) is 12.2 Å². The number of likely N-dealkylation sites (tertiary alicyclic amines) is 1. The van der Waals surface area contributed by atoms with Gasteiger partial charge >= 0.3 is 0 Å². The normalized spacial score (nSPS) is 32.4. The molecule has 18 heavy (non-hydrogen) atoms. The highest BCUT2D eigenvalue weighted by Gasteiger charge is 2.40. The molecule has 1 amide bonds. The molecule has 3 nitrogen and oxygen atoms in total. The second-order valence-corrected chi connectivity index (χ2v) is 6.19. The number of carbonyl (C=O) groups is 1. The first kappa shape index (κ1) is 13.6. The standard InChI is InChI=1S/C15H26N2O/c1-15(2)11-7-10-13(16-3)14(18)17(15)12-8-5-4-6-9-12/h4-5,12-13,16H,6-11H2,1-3H3. The van der Waals surface area contributed by atoms with Crippen molar-refractivity contribution in [1.82, 2.24) is 10.2 Å². The molecular formula is C15H26N2O. The van der Waals surface area contributed by atoms with Crippen LogP contribution in [0.3, 0.4) is 0 Å². The number of nitrogens with zero attached hydrogens (tertiary/aromatic N) is 1. The molecule has 1 aliphatic carbocycles. The lowest BCUT2D eigenvalue weighted by Gasteiger charge is -2.44. The highest BCUT2D eigenvalue weighted by atomic mass is 16.2. The van der Waals surface area contributed by atoms with E-state index in [0.29, 0.717) is 11.9 Å². The molecule has 0 spiro atoms. The van der Waals surface area contributed by atoms with Crippen LogP contribution in [0.1, 0.15) is 52.4 Å². The molecule has 1 fully saturated rings. The van der Waals surface area contributed by atoms with Gasteiger partial charge in [-0.3, -0.25) is 4.79 Å². The summed E-state index contributed by atoms with van der Waals surface area (Å²) in [6.45, 7) is 4.45. The second kappa shape index (κ2) is 5.43. The fourth-order valence-electron chi connectivity index (χ4n) is 3.40. The fraction of sp³-hybridized carbons (Fsp3) is 0.800. The SMILES string of the molecule is CNC1CCCC(C)(C)N(C2CC=CCC2)C1=O. The molecule has 1 aliphatic heterocycles. The van der Waals surface area contributed by atoms with E-state index in [1.54, 1.807) is 0 Å². The van der Waals surface area contributed by atoms with Gasteiger partial charge in [-0.25, -0.2) is 0 Å². The first-order chi connectivity index (χ1) is 8.56. The number of rotatable bonds is 2. The summed E-state index contributed by atoms with van der Waals surface area (Å²) in [6, 6.07) is 0.407. The van der Waals surface area contributed by atoms with Crippen LogP contribution < -0.4 is 5.32 Å². The first-order valence-corrected chi connectivity index (χ1v) is 7.22. The van der Waals surface area contributed by atoms with E-state index in [1.165, 1.54) is 0 Å². The molecule has 2 unspecified atom stereocenters. The lowest BCUT2D eigenvalue weighted by atomic mass is 9.91. The number of nitrogens with one attached hydrogen (secondary N) is 1. The Hall–Kier alpha value is -0.830. The van der Waals surface area contributed by atoms with Crippen molar-refractivity contribution in [2.75, 3.05) is 7.05 Å². The van der Waals surface area contributed by atoms with Crippen LogP contribution >= 0.6 is 0 Å². The van der Waals surface area contributed by atoms with Crippen molar-refractivity contribution in [3.63, 3.8) is 0 Å². The van der Waals surface area contributed by atoms with Gasteiger partial charge in [-0.2, -0.15) is 0 Å². The molecule has 1 saturated heterocycles. The van der Waals surface area contributed by atoms with Gasteiger partial charge in [-0.15, -0.1) is 0 Å². The quantitative estimate of drug-likeness (QED) is 0.764.